The van der Waals surface area contributed by atoms with Gasteiger partial charge in [-0.15, -0.1) is 11.3 Å². The van der Waals surface area contributed by atoms with Crippen molar-refractivity contribution in [3.8, 4) is 0 Å². The van der Waals surface area contributed by atoms with Crippen LogP contribution in [0.4, 0.5) is 0 Å². The van der Waals surface area contributed by atoms with Crippen LogP contribution in [0.1, 0.15) is 34.0 Å². The number of ether oxygens (including phenoxy) is 1. The maximum absolute atomic E-state index is 11.7. The highest BCUT2D eigenvalue weighted by molar-refractivity contribution is 7.14. The average molecular weight is 297 g/mol. The maximum atomic E-state index is 11.7. The molecule has 0 bridgehead atoms. The number of fused-ring (bicyclic) bond motifs is 1. The third kappa shape index (κ3) is 3.80. The van der Waals surface area contributed by atoms with Crippen LogP contribution < -0.4 is 0 Å². The average Bonchev–Trinajstić information content (AvgIpc) is 2.79. The van der Waals surface area contributed by atoms with Crippen LogP contribution in [0.25, 0.3) is 0 Å². The third-order valence-corrected chi connectivity index (χ3v) is 4.31. The fraction of sp³-hybridized carbons (Fsp3) is 0.571. The standard InChI is InChI=1S/C14H19NO4S/c1-9(2)8-19-13(16)7-15-4-3-11-10(6-15)5-12(20-11)14(17)18/h5,9H,3-4,6-8H2,1-2H3,(H,17,18). The number of carbonyl (C=O) groups is 2. The predicted octanol–water partition coefficient (Wildman–Crippen LogP) is 2.00. The predicted molar refractivity (Wildman–Crippen MR) is 76.1 cm³/mol. The van der Waals surface area contributed by atoms with Crippen molar-refractivity contribution in [2.75, 3.05) is 19.7 Å². The molecule has 0 radical (unpaired) electrons. The molecule has 1 aliphatic heterocycles. The summed E-state index contributed by atoms with van der Waals surface area (Å²) in [5.41, 5.74) is 1.02. The van der Waals surface area contributed by atoms with E-state index in [4.69, 9.17) is 9.84 Å². The molecule has 0 unspecified atom stereocenters. The Labute approximate surface area is 122 Å². The lowest BCUT2D eigenvalue weighted by Gasteiger charge is -2.25. The second-order valence-corrected chi connectivity index (χ2v) is 6.54. The van der Waals surface area contributed by atoms with Gasteiger partial charge in [0, 0.05) is 18.0 Å². The number of aromatic carboxylic acids is 1. The van der Waals surface area contributed by atoms with Crippen molar-refractivity contribution in [3.63, 3.8) is 0 Å². The normalized spacial score (nSPS) is 15.2. The lowest BCUT2D eigenvalue weighted by atomic mass is 10.1. The Morgan fingerprint density at radius 1 is 1.50 bits per heavy atom. The summed E-state index contributed by atoms with van der Waals surface area (Å²) in [6.07, 6.45) is 0.796. The number of carbonyl (C=O) groups excluding carboxylic acids is 1. The number of hydrogen-bond donors (Lipinski definition) is 1. The summed E-state index contributed by atoms with van der Waals surface area (Å²) in [4.78, 5) is 26.1. The van der Waals surface area contributed by atoms with Crippen LogP contribution in [-0.4, -0.2) is 41.6 Å². The Morgan fingerprint density at radius 2 is 2.25 bits per heavy atom. The highest BCUT2D eigenvalue weighted by atomic mass is 32.1. The molecule has 2 rings (SSSR count). The molecule has 6 heteroatoms. The zero-order valence-corrected chi connectivity index (χ0v) is 12.5. The van der Waals surface area contributed by atoms with Crippen LogP contribution in [0.5, 0.6) is 0 Å². The van der Waals surface area contributed by atoms with E-state index in [1.807, 2.05) is 18.7 Å². The Kier molecular flexibility index (Phi) is 4.77. The van der Waals surface area contributed by atoms with E-state index in [-0.39, 0.29) is 12.5 Å². The van der Waals surface area contributed by atoms with Gasteiger partial charge in [0.2, 0.25) is 0 Å². The first-order valence-electron chi connectivity index (χ1n) is 6.68. The third-order valence-electron chi connectivity index (χ3n) is 3.09. The van der Waals surface area contributed by atoms with Gasteiger partial charge < -0.3 is 9.84 Å². The smallest absolute Gasteiger partial charge is 0.345 e. The molecule has 2 heterocycles. The van der Waals surface area contributed by atoms with E-state index in [1.165, 1.54) is 11.3 Å². The van der Waals surface area contributed by atoms with Crippen molar-refractivity contribution in [2.45, 2.75) is 26.8 Å². The molecule has 0 saturated heterocycles. The molecular weight excluding hydrogens is 278 g/mol. The van der Waals surface area contributed by atoms with Gasteiger partial charge in [-0.05, 0) is 24.0 Å². The number of rotatable bonds is 5. The lowest BCUT2D eigenvalue weighted by molar-refractivity contribution is -0.146. The second kappa shape index (κ2) is 6.37. The molecule has 0 amide bonds. The van der Waals surface area contributed by atoms with Crippen molar-refractivity contribution in [1.29, 1.82) is 0 Å². The van der Waals surface area contributed by atoms with E-state index in [9.17, 15) is 9.59 Å². The summed E-state index contributed by atoms with van der Waals surface area (Å²) in [6.45, 7) is 6.10. The van der Waals surface area contributed by atoms with Crippen molar-refractivity contribution in [3.05, 3.63) is 21.4 Å². The van der Waals surface area contributed by atoms with Crippen LogP contribution in [0, 0.1) is 5.92 Å². The molecule has 0 atom stereocenters. The first kappa shape index (κ1) is 15.0. The molecule has 0 saturated carbocycles. The van der Waals surface area contributed by atoms with Crippen LogP contribution in [0.3, 0.4) is 0 Å². The zero-order valence-electron chi connectivity index (χ0n) is 11.7. The quantitative estimate of drug-likeness (QED) is 0.842. The van der Waals surface area contributed by atoms with E-state index >= 15 is 0 Å². The topological polar surface area (TPSA) is 66.8 Å². The van der Waals surface area contributed by atoms with Gasteiger partial charge in [0.15, 0.2) is 0 Å². The second-order valence-electron chi connectivity index (χ2n) is 5.40. The summed E-state index contributed by atoms with van der Waals surface area (Å²) in [5, 5.41) is 8.99. The fourth-order valence-electron chi connectivity index (χ4n) is 2.12. The fourth-order valence-corrected chi connectivity index (χ4v) is 3.12. The number of thiophene rings is 1. The Morgan fingerprint density at radius 3 is 2.90 bits per heavy atom. The monoisotopic (exact) mass is 297 g/mol. The van der Waals surface area contributed by atoms with Gasteiger partial charge in [-0.2, -0.15) is 0 Å². The summed E-state index contributed by atoms with van der Waals surface area (Å²) in [7, 11) is 0. The van der Waals surface area contributed by atoms with E-state index in [2.05, 4.69) is 0 Å². The van der Waals surface area contributed by atoms with E-state index in [0.29, 0.717) is 23.9 Å². The molecule has 0 aliphatic carbocycles. The van der Waals surface area contributed by atoms with Gasteiger partial charge in [0.25, 0.3) is 0 Å². The number of esters is 1. The molecular formula is C14H19NO4S. The van der Waals surface area contributed by atoms with Crippen molar-refractivity contribution >= 4 is 23.3 Å². The van der Waals surface area contributed by atoms with Crippen molar-refractivity contribution < 1.29 is 19.4 Å². The first-order chi connectivity index (χ1) is 9.45. The lowest BCUT2D eigenvalue weighted by Crippen LogP contribution is -2.35. The van der Waals surface area contributed by atoms with E-state index < -0.39 is 5.97 Å². The largest absolute Gasteiger partial charge is 0.477 e. The van der Waals surface area contributed by atoms with Crippen molar-refractivity contribution in [2.24, 2.45) is 5.92 Å². The first-order valence-corrected chi connectivity index (χ1v) is 7.50. The molecule has 1 aromatic rings. The minimum Gasteiger partial charge on any atom is -0.477 e. The van der Waals surface area contributed by atoms with E-state index in [1.54, 1.807) is 6.07 Å². The molecule has 20 heavy (non-hydrogen) atoms. The SMILES string of the molecule is CC(C)COC(=O)CN1CCc2sc(C(=O)O)cc2C1. The molecule has 1 aromatic heterocycles. The van der Waals surface area contributed by atoms with Gasteiger partial charge in [0.05, 0.1) is 13.2 Å². The summed E-state index contributed by atoms with van der Waals surface area (Å²) in [5.74, 6) is -0.759. The minimum atomic E-state index is -0.882. The highest BCUT2D eigenvalue weighted by Crippen LogP contribution is 2.28. The van der Waals surface area contributed by atoms with Gasteiger partial charge in [0.1, 0.15) is 4.88 Å². The molecule has 110 valence electrons. The number of hydrogen-bond acceptors (Lipinski definition) is 5. The van der Waals surface area contributed by atoms with Crippen LogP contribution >= 0.6 is 11.3 Å². The van der Waals surface area contributed by atoms with Gasteiger partial charge in [-0.3, -0.25) is 9.69 Å². The Balaban J connectivity index is 1.90. The summed E-state index contributed by atoms with van der Waals surface area (Å²) < 4.78 is 5.17. The number of carboxylic acid groups (broad SMARTS) is 1. The zero-order chi connectivity index (χ0) is 14.7. The molecule has 0 aromatic carbocycles. The molecule has 5 nitrogen and oxygen atoms in total. The van der Waals surface area contributed by atoms with Gasteiger partial charge in [-0.25, -0.2) is 4.79 Å². The van der Waals surface area contributed by atoms with Crippen LogP contribution in [0.15, 0.2) is 6.07 Å². The summed E-state index contributed by atoms with van der Waals surface area (Å²) in [6, 6.07) is 1.72. The van der Waals surface area contributed by atoms with Crippen molar-refractivity contribution in [1.82, 2.24) is 4.90 Å². The maximum Gasteiger partial charge on any atom is 0.345 e. The summed E-state index contributed by atoms with van der Waals surface area (Å²) >= 11 is 1.34. The Hall–Kier alpha value is -1.40. The van der Waals surface area contributed by atoms with E-state index in [0.717, 1.165) is 23.4 Å². The highest BCUT2D eigenvalue weighted by Gasteiger charge is 2.22. The number of carboxylic acids is 1. The Bertz CT molecular complexity index is 509. The molecule has 0 spiro atoms. The minimum absolute atomic E-state index is 0.212. The van der Waals surface area contributed by atoms with Gasteiger partial charge in [-0.1, -0.05) is 13.8 Å². The molecule has 1 aliphatic rings. The van der Waals surface area contributed by atoms with Crippen LogP contribution in [0.2, 0.25) is 0 Å². The van der Waals surface area contributed by atoms with Crippen LogP contribution in [-0.2, 0) is 22.5 Å². The molecule has 0 fully saturated rings. The van der Waals surface area contributed by atoms with Gasteiger partial charge >= 0.3 is 11.9 Å². The number of nitrogens with zero attached hydrogens (tertiary/aromatic N) is 1. The molecule has 1 N–H and O–H groups in total.